The number of halogens is 2. The van der Waals surface area contributed by atoms with Gasteiger partial charge in [-0.05, 0) is 43.8 Å². The van der Waals surface area contributed by atoms with Crippen LogP contribution in [0.15, 0.2) is 36.4 Å². The van der Waals surface area contributed by atoms with Crippen molar-refractivity contribution < 1.29 is 18.3 Å². The Morgan fingerprint density at radius 2 is 1.67 bits per heavy atom. The number of rotatable bonds is 6. The Morgan fingerprint density at radius 3 is 2.24 bits per heavy atom. The monoisotopic (exact) mass is 293 g/mol. The Bertz CT molecular complexity index is 594. The third kappa shape index (κ3) is 3.70. The Morgan fingerprint density at radius 1 is 1.05 bits per heavy atom. The molecule has 1 N–H and O–H groups in total. The number of benzene rings is 2. The van der Waals surface area contributed by atoms with E-state index >= 15 is 0 Å². The molecule has 0 unspecified atom stereocenters. The lowest BCUT2D eigenvalue weighted by Crippen LogP contribution is -2.06. The molecule has 2 aromatic rings. The molecule has 0 fully saturated rings. The van der Waals surface area contributed by atoms with Crippen molar-refractivity contribution in [1.82, 2.24) is 5.32 Å². The molecule has 0 aromatic heterocycles. The lowest BCUT2D eigenvalue weighted by molar-refractivity contribution is 0.315. The average Bonchev–Trinajstić information content (AvgIpc) is 2.45. The Kier molecular flexibility index (Phi) is 5.11. The standard InChI is InChI=1S/C16H17F2NO2/c1-3-20-14-6-4-5-7-15(14)21-16-12(17)8-11(10-19-2)9-13(16)18/h4-9,19H,3,10H2,1-2H3. The van der Waals surface area contributed by atoms with Crippen LogP contribution in [0.5, 0.6) is 17.2 Å². The van der Waals surface area contributed by atoms with E-state index in [9.17, 15) is 8.78 Å². The zero-order chi connectivity index (χ0) is 15.2. The van der Waals surface area contributed by atoms with E-state index in [0.29, 0.717) is 24.5 Å². The van der Waals surface area contributed by atoms with E-state index in [4.69, 9.17) is 9.47 Å². The summed E-state index contributed by atoms with van der Waals surface area (Å²) in [7, 11) is 1.71. The summed E-state index contributed by atoms with van der Waals surface area (Å²) in [6, 6.07) is 9.26. The third-order valence-electron chi connectivity index (χ3n) is 2.80. The number of para-hydroxylation sites is 2. The van der Waals surface area contributed by atoms with E-state index in [1.165, 1.54) is 12.1 Å². The molecule has 21 heavy (non-hydrogen) atoms. The summed E-state index contributed by atoms with van der Waals surface area (Å²) in [5.41, 5.74) is 0.512. The van der Waals surface area contributed by atoms with Crippen LogP contribution in [0, 0.1) is 11.6 Å². The van der Waals surface area contributed by atoms with Crippen molar-refractivity contribution in [2.75, 3.05) is 13.7 Å². The van der Waals surface area contributed by atoms with Crippen LogP contribution in [0.2, 0.25) is 0 Å². The van der Waals surface area contributed by atoms with Gasteiger partial charge in [0.05, 0.1) is 6.61 Å². The van der Waals surface area contributed by atoms with Crippen molar-refractivity contribution in [2.24, 2.45) is 0 Å². The Labute approximate surface area is 122 Å². The highest BCUT2D eigenvalue weighted by Gasteiger charge is 2.15. The molecule has 0 amide bonds. The van der Waals surface area contributed by atoms with Crippen molar-refractivity contribution >= 4 is 0 Å². The van der Waals surface area contributed by atoms with Gasteiger partial charge in [0.2, 0.25) is 0 Å². The van der Waals surface area contributed by atoms with Crippen LogP contribution < -0.4 is 14.8 Å². The molecule has 0 saturated heterocycles. The molecule has 0 aliphatic carbocycles. The molecule has 5 heteroatoms. The quantitative estimate of drug-likeness (QED) is 0.877. The van der Waals surface area contributed by atoms with Gasteiger partial charge in [0.15, 0.2) is 28.9 Å². The molecule has 0 spiro atoms. The first-order valence-electron chi connectivity index (χ1n) is 6.68. The molecule has 0 radical (unpaired) electrons. The van der Waals surface area contributed by atoms with Crippen molar-refractivity contribution in [3.05, 3.63) is 53.6 Å². The van der Waals surface area contributed by atoms with Crippen LogP contribution in [-0.2, 0) is 6.54 Å². The lowest BCUT2D eigenvalue weighted by atomic mass is 10.2. The van der Waals surface area contributed by atoms with Crippen molar-refractivity contribution in [2.45, 2.75) is 13.5 Å². The second kappa shape index (κ2) is 7.04. The summed E-state index contributed by atoms with van der Waals surface area (Å²) in [5, 5.41) is 2.84. The van der Waals surface area contributed by atoms with E-state index in [1.54, 1.807) is 31.3 Å². The average molecular weight is 293 g/mol. The highest BCUT2D eigenvalue weighted by Crippen LogP contribution is 2.34. The highest BCUT2D eigenvalue weighted by atomic mass is 19.1. The van der Waals surface area contributed by atoms with Gasteiger partial charge in [0.25, 0.3) is 0 Å². The first kappa shape index (κ1) is 15.3. The van der Waals surface area contributed by atoms with Crippen LogP contribution in [0.1, 0.15) is 12.5 Å². The molecule has 112 valence electrons. The summed E-state index contributed by atoms with van der Waals surface area (Å²) < 4.78 is 38.7. The maximum Gasteiger partial charge on any atom is 0.198 e. The predicted molar refractivity (Wildman–Crippen MR) is 76.8 cm³/mol. The highest BCUT2D eigenvalue weighted by molar-refractivity contribution is 5.44. The minimum Gasteiger partial charge on any atom is -0.490 e. The molecule has 3 nitrogen and oxygen atoms in total. The molecule has 0 bridgehead atoms. The largest absolute Gasteiger partial charge is 0.490 e. The van der Waals surface area contributed by atoms with Crippen molar-refractivity contribution in [3.63, 3.8) is 0 Å². The fourth-order valence-corrected chi connectivity index (χ4v) is 1.94. The fraction of sp³-hybridized carbons (Fsp3) is 0.250. The molecular weight excluding hydrogens is 276 g/mol. The SMILES string of the molecule is CCOc1ccccc1Oc1c(F)cc(CNC)cc1F. The summed E-state index contributed by atoms with van der Waals surface area (Å²) in [5.74, 6) is -1.20. The number of ether oxygens (including phenoxy) is 2. The molecule has 0 aliphatic heterocycles. The van der Waals surface area contributed by atoms with Crippen LogP contribution in [0.4, 0.5) is 8.78 Å². The van der Waals surface area contributed by atoms with E-state index in [0.717, 1.165) is 0 Å². The van der Waals surface area contributed by atoms with E-state index < -0.39 is 17.4 Å². The maximum absolute atomic E-state index is 14.0. The summed E-state index contributed by atoms with van der Waals surface area (Å²) in [4.78, 5) is 0. The first-order chi connectivity index (χ1) is 10.2. The zero-order valence-electron chi connectivity index (χ0n) is 12.0. The van der Waals surface area contributed by atoms with Gasteiger partial charge in [0.1, 0.15) is 0 Å². The molecule has 2 rings (SSSR count). The summed E-state index contributed by atoms with van der Waals surface area (Å²) in [6.07, 6.45) is 0. The summed E-state index contributed by atoms with van der Waals surface area (Å²) >= 11 is 0. The maximum atomic E-state index is 14.0. The first-order valence-corrected chi connectivity index (χ1v) is 6.68. The molecule has 0 heterocycles. The Balaban J connectivity index is 2.31. The fourth-order valence-electron chi connectivity index (χ4n) is 1.94. The number of hydrogen-bond acceptors (Lipinski definition) is 3. The van der Waals surface area contributed by atoms with Gasteiger partial charge in [-0.1, -0.05) is 12.1 Å². The zero-order valence-corrected chi connectivity index (χ0v) is 12.0. The molecule has 2 aromatic carbocycles. The van der Waals surface area contributed by atoms with Gasteiger partial charge in [-0.25, -0.2) is 8.78 Å². The van der Waals surface area contributed by atoms with Gasteiger partial charge in [-0.2, -0.15) is 0 Å². The predicted octanol–water partition coefficient (Wildman–Crippen LogP) is 3.88. The van der Waals surface area contributed by atoms with Crippen molar-refractivity contribution in [3.8, 4) is 17.2 Å². The van der Waals surface area contributed by atoms with Crippen LogP contribution >= 0.6 is 0 Å². The normalized spacial score (nSPS) is 10.5. The van der Waals surface area contributed by atoms with E-state index in [-0.39, 0.29) is 5.75 Å². The topological polar surface area (TPSA) is 30.5 Å². The molecule has 0 saturated carbocycles. The summed E-state index contributed by atoms with van der Waals surface area (Å²) in [6.45, 7) is 2.64. The number of nitrogens with one attached hydrogen (secondary N) is 1. The van der Waals surface area contributed by atoms with Gasteiger partial charge in [-0.15, -0.1) is 0 Å². The van der Waals surface area contributed by atoms with Gasteiger partial charge < -0.3 is 14.8 Å². The second-order valence-electron chi connectivity index (χ2n) is 4.40. The van der Waals surface area contributed by atoms with Crippen LogP contribution in [0.3, 0.4) is 0 Å². The van der Waals surface area contributed by atoms with Crippen LogP contribution in [-0.4, -0.2) is 13.7 Å². The van der Waals surface area contributed by atoms with Crippen molar-refractivity contribution in [1.29, 1.82) is 0 Å². The second-order valence-corrected chi connectivity index (χ2v) is 4.40. The van der Waals surface area contributed by atoms with Crippen LogP contribution in [0.25, 0.3) is 0 Å². The lowest BCUT2D eigenvalue weighted by Gasteiger charge is -2.13. The molecular formula is C16H17F2NO2. The third-order valence-corrected chi connectivity index (χ3v) is 2.80. The Hall–Kier alpha value is -2.14. The van der Waals surface area contributed by atoms with Gasteiger partial charge in [0, 0.05) is 6.54 Å². The van der Waals surface area contributed by atoms with E-state index in [2.05, 4.69) is 5.32 Å². The van der Waals surface area contributed by atoms with E-state index in [1.807, 2.05) is 6.92 Å². The molecule has 0 atom stereocenters. The van der Waals surface area contributed by atoms with Gasteiger partial charge >= 0.3 is 0 Å². The van der Waals surface area contributed by atoms with Gasteiger partial charge in [-0.3, -0.25) is 0 Å². The molecule has 0 aliphatic rings. The minimum atomic E-state index is -0.744. The smallest absolute Gasteiger partial charge is 0.198 e. The number of hydrogen-bond donors (Lipinski definition) is 1. The minimum absolute atomic E-state index is 0.276.